The van der Waals surface area contributed by atoms with E-state index in [4.69, 9.17) is 4.42 Å². The first kappa shape index (κ1) is 19.5. The van der Waals surface area contributed by atoms with Crippen LogP contribution in [0.2, 0.25) is 0 Å². The molecule has 1 N–H and O–H groups in total. The maximum atomic E-state index is 13.2. The fourth-order valence-electron chi connectivity index (χ4n) is 3.85. The fourth-order valence-corrected chi connectivity index (χ4v) is 5.09. The van der Waals surface area contributed by atoms with Crippen molar-refractivity contribution in [2.45, 2.75) is 16.6 Å². The van der Waals surface area contributed by atoms with Gasteiger partial charge in [-0.3, -0.25) is 9.59 Å². The zero-order chi connectivity index (χ0) is 21.2. The second kappa shape index (κ2) is 8.32. The number of carbonyl (C=O) groups excluding carboxylic acids is 2. The van der Waals surface area contributed by atoms with E-state index in [1.54, 1.807) is 22.9 Å². The van der Waals surface area contributed by atoms with Crippen molar-refractivity contribution in [3.05, 3.63) is 90.9 Å². The molecule has 2 amide bonds. The Morgan fingerprint density at radius 3 is 2.68 bits per heavy atom. The topological polar surface area (TPSA) is 62.6 Å². The summed E-state index contributed by atoms with van der Waals surface area (Å²) in [5.74, 6) is 0.420. The van der Waals surface area contributed by atoms with Crippen LogP contribution in [0.4, 0.5) is 11.4 Å². The second-order valence-electron chi connectivity index (χ2n) is 7.35. The van der Waals surface area contributed by atoms with Gasteiger partial charge in [-0.05, 0) is 35.7 Å². The highest BCUT2D eigenvalue weighted by Crippen LogP contribution is 2.45. The number of nitrogens with one attached hydrogen (secondary N) is 1. The van der Waals surface area contributed by atoms with Crippen molar-refractivity contribution in [3.8, 4) is 0 Å². The molecule has 1 aromatic heterocycles. The Bertz CT molecular complexity index is 1250. The van der Waals surface area contributed by atoms with Gasteiger partial charge in [0.25, 0.3) is 0 Å². The summed E-state index contributed by atoms with van der Waals surface area (Å²) in [7, 11) is 0. The molecule has 154 valence electrons. The number of carbonyl (C=O) groups is 2. The van der Waals surface area contributed by atoms with Crippen molar-refractivity contribution >= 4 is 45.7 Å². The van der Waals surface area contributed by atoms with E-state index in [1.807, 2.05) is 78.9 Å². The van der Waals surface area contributed by atoms with Gasteiger partial charge in [-0.1, -0.05) is 48.5 Å². The van der Waals surface area contributed by atoms with E-state index in [0.717, 1.165) is 32.8 Å². The van der Waals surface area contributed by atoms with Crippen LogP contribution >= 0.6 is 11.8 Å². The van der Waals surface area contributed by atoms with Gasteiger partial charge < -0.3 is 14.6 Å². The van der Waals surface area contributed by atoms with Crippen molar-refractivity contribution in [1.82, 2.24) is 0 Å². The van der Waals surface area contributed by atoms with Gasteiger partial charge in [-0.25, -0.2) is 0 Å². The number of nitrogens with zero attached hydrogens (tertiary/aromatic N) is 1. The van der Waals surface area contributed by atoms with Crippen molar-refractivity contribution in [1.29, 1.82) is 0 Å². The van der Waals surface area contributed by atoms with Gasteiger partial charge in [0.1, 0.15) is 12.3 Å². The minimum atomic E-state index is -0.235. The molecule has 0 bridgehead atoms. The third-order valence-electron chi connectivity index (χ3n) is 5.31. The predicted molar refractivity (Wildman–Crippen MR) is 123 cm³/mol. The molecule has 0 saturated heterocycles. The van der Waals surface area contributed by atoms with Crippen molar-refractivity contribution in [3.63, 3.8) is 0 Å². The summed E-state index contributed by atoms with van der Waals surface area (Å²) < 4.78 is 5.56. The van der Waals surface area contributed by atoms with Gasteiger partial charge in [0.05, 0.1) is 17.2 Å². The van der Waals surface area contributed by atoms with Crippen molar-refractivity contribution in [2.24, 2.45) is 0 Å². The molecule has 0 unspecified atom stereocenters. The van der Waals surface area contributed by atoms with Crippen LogP contribution in [-0.4, -0.2) is 18.4 Å². The second-order valence-corrected chi connectivity index (χ2v) is 8.59. The quantitative estimate of drug-likeness (QED) is 0.457. The lowest BCUT2D eigenvalue weighted by Crippen LogP contribution is -2.38. The first-order valence-corrected chi connectivity index (χ1v) is 10.9. The maximum Gasteiger partial charge on any atom is 0.244 e. The van der Waals surface area contributed by atoms with Gasteiger partial charge in [-0.2, -0.15) is 0 Å². The van der Waals surface area contributed by atoms with Crippen LogP contribution in [0.25, 0.3) is 10.8 Å². The van der Waals surface area contributed by atoms with Crippen LogP contribution in [-0.2, 0) is 9.59 Å². The Kier molecular flexibility index (Phi) is 5.22. The van der Waals surface area contributed by atoms with E-state index in [9.17, 15) is 9.59 Å². The van der Waals surface area contributed by atoms with E-state index < -0.39 is 0 Å². The number of benzene rings is 3. The third kappa shape index (κ3) is 3.94. The lowest BCUT2D eigenvalue weighted by molar-refractivity contribution is -0.121. The Balaban J connectivity index is 1.41. The predicted octanol–water partition coefficient (Wildman–Crippen LogP) is 5.64. The van der Waals surface area contributed by atoms with Crippen LogP contribution in [0.15, 0.2) is 94.4 Å². The standard InChI is InChI=1S/C25H20N2O3S/c28-24(26-19-10-5-8-17-7-1-2-9-18(17)19)16-27-20-11-3-4-13-22(20)31-23(15-25(27)29)21-12-6-14-30-21/h1-14,23H,15-16H2,(H,26,28)/t23-/m0/s1. The first-order valence-electron chi connectivity index (χ1n) is 10.1. The molecule has 4 aromatic rings. The fraction of sp³-hybridized carbons (Fsp3) is 0.120. The molecule has 0 fully saturated rings. The van der Waals surface area contributed by atoms with Gasteiger partial charge in [0.15, 0.2) is 0 Å². The van der Waals surface area contributed by atoms with Crippen LogP contribution < -0.4 is 10.2 Å². The van der Waals surface area contributed by atoms with E-state index >= 15 is 0 Å². The highest BCUT2D eigenvalue weighted by Gasteiger charge is 2.31. The summed E-state index contributed by atoms with van der Waals surface area (Å²) in [5, 5.41) is 4.87. The molecule has 2 heterocycles. The van der Waals surface area contributed by atoms with Crippen LogP contribution in [0.5, 0.6) is 0 Å². The highest BCUT2D eigenvalue weighted by molar-refractivity contribution is 7.99. The summed E-state index contributed by atoms with van der Waals surface area (Å²) in [4.78, 5) is 28.7. The number of anilines is 2. The molecule has 3 aromatic carbocycles. The molecule has 1 aliphatic rings. The normalized spacial score (nSPS) is 16.1. The SMILES string of the molecule is O=C(CN1C(=O)C[C@@H](c2ccco2)Sc2ccccc21)Nc1cccc2ccccc12. The number of thioether (sulfide) groups is 1. The summed E-state index contributed by atoms with van der Waals surface area (Å²) >= 11 is 1.59. The number of furan rings is 1. The number of hydrogen-bond donors (Lipinski definition) is 1. The first-order chi connectivity index (χ1) is 15.2. The van der Waals surface area contributed by atoms with Crippen LogP contribution in [0, 0.1) is 0 Å². The minimum absolute atomic E-state index is 0.0511. The minimum Gasteiger partial charge on any atom is -0.468 e. The smallest absolute Gasteiger partial charge is 0.244 e. The average molecular weight is 429 g/mol. The molecular weight excluding hydrogens is 408 g/mol. The Labute approximate surface area is 184 Å². The highest BCUT2D eigenvalue weighted by atomic mass is 32.2. The van der Waals surface area contributed by atoms with Crippen LogP contribution in [0.3, 0.4) is 0 Å². The molecule has 0 radical (unpaired) electrons. The summed E-state index contributed by atoms with van der Waals surface area (Å²) in [6, 6.07) is 25.1. The van der Waals surface area contributed by atoms with Crippen LogP contribution in [0.1, 0.15) is 17.4 Å². The molecule has 1 atom stereocenters. The third-order valence-corrected chi connectivity index (χ3v) is 6.59. The van der Waals surface area contributed by atoms with E-state index in [-0.39, 0.29) is 30.0 Å². The molecule has 6 heteroatoms. The number of amides is 2. The lowest BCUT2D eigenvalue weighted by atomic mass is 10.1. The van der Waals surface area contributed by atoms with E-state index in [2.05, 4.69) is 5.32 Å². The maximum absolute atomic E-state index is 13.2. The summed E-state index contributed by atoms with van der Waals surface area (Å²) in [6.07, 6.45) is 1.88. The molecule has 0 saturated carbocycles. The molecule has 0 spiro atoms. The molecule has 5 nitrogen and oxygen atoms in total. The zero-order valence-electron chi connectivity index (χ0n) is 16.7. The monoisotopic (exact) mass is 428 g/mol. The Hall–Kier alpha value is -3.51. The number of rotatable bonds is 4. The van der Waals surface area contributed by atoms with Crippen molar-refractivity contribution < 1.29 is 14.0 Å². The molecule has 5 rings (SSSR count). The zero-order valence-corrected chi connectivity index (χ0v) is 17.5. The molecular formula is C25H20N2O3S. The van der Waals surface area contributed by atoms with E-state index in [1.165, 1.54) is 0 Å². The van der Waals surface area contributed by atoms with Crippen molar-refractivity contribution in [2.75, 3.05) is 16.8 Å². The van der Waals surface area contributed by atoms with Gasteiger partial charge in [-0.15, -0.1) is 11.8 Å². The molecule has 1 aliphatic heterocycles. The average Bonchev–Trinajstić information content (AvgIpc) is 3.28. The Morgan fingerprint density at radius 2 is 1.81 bits per heavy atom. The largest absolute Gasteiger partial charge is 0.468 e. The number of hydrogen-bond acceptors (Lipinski definition) is 4. The van der Waals surface area contributed by atoms with E-state index in [0.29, 0.717) is 0 Å². The Morgan fingerprint density at radius 1 is 1.00 bits per heavy atom. The summed E-state index contributed by atoms with van der Waals surface area (Å²) in [6.45, 7) is -0.0511. The lowest BCUT2D eigenvalue weighted by Gasteiger charge is -2.22. The number of fused-ring (bicyclic) bond motifs is 2. The number of para-hydroxylation sites is 1. The summed E-state index contributed by atoms with van der Waals surface area (Å²) in [5.41, 5.74) is 1.49. The molecule has 0 aliphatic carbocycles. The van der Waals surface area contributed by atoms with Gasteiger partial charge in [0.2, 0.25) is 11.8 Å². The van der Waals surface area contributed by atoms with Gasteiger partial charge >= 0.3 is 0 Å². The molecule has 31 heavy (non-hydrogen) atoms. The van der Waals surface area contributed by atoms with Gasteiger partial charge in [0, 0.05) is 22.4 Å².